The van der Waals surface area contributed by atoms with Gasteiger partial charge < -0.3 is 15.0 Å². The molecule has 158 valence electrons. The summed E-state index contributed by atoms with van der Waals surface area (Å²) in [5.74, 6) is -0.971. The van der Waals surface area contributed by atoms with E-state index in [0.717, 1.165) is 29.7 Å². The van der Waals surface area contributed by atoms with Crippen molar-refractivity contribution in [1.29, 1.82) is 0 Å². The highest BCUT2D eigenvalue weighted by atomic mass is 16.5. The van der Waals surface area contributed by atoms with Gasteiger partial charge in [0, 0.05) is 35.9 Å². The van der Waals surface area contributed by atoms with Gasteiger partial charge in [-0.15, -0.1) is 0 Å². The summed E-state index contributed by atoms with van der Waals surface area (Å²) in [5.41, 5.74) is 3.34. The van der Waals surface area contributed by atoms with Crippen LogP contribution in [0.4, 0.5) is 11.4 Å². The minimum Gasteiger partial charge on any atom is -0.452 e. The molecule has 31 heavy (non-hydrogen) atoms. The standard InChI is InChI=1S/C25H25N3O3/c29-24(27-21-10-13-22(14-11-21)28-16-4-1-5-17-28)18-31-25(30)15-12-20-9-8-19-6-2-3-7-23(19)26-20/h2-3,6-15H,1,4-5,16-18H2,(H,27,29)/b15-12+. The molecule has 2 heterocycles. The number of carbonyl (C=O) groups is 2. The van der Waals surface area contributed by atoms with E-state index in [0.29, 0.717) is 11.4 Å². The van der Waals surface area contributed by atoms with E-state index < -0.39 is 5.97 Å². The molecule has 6 heteroatoms. The van der Waals surface area contributed by atoms with Crippen molar-refractivity contribution in [1.82, 2.24) is 4.98 Å². The van der Waals surface area contributed by atoms with Crippen molar-refractivity contribution in [2.75, 3.05) is 29.9 Å². The third-order valence-electron chi connectivity index (χ3n) is 5.23. The minimum atomic E-state index is -0.592. The largest absolute Gasteiger partial charge is 0.452 e. The fraction of sp³-hybridized carbons (Fsp3) is 0.240. The predicted octanol–water partition coefficient (Wildman–Crippen LogP) is 4.42. The van der Waals surface area contributed by atoms with Gasteiger partial charge in [-0.3, -0.25) is 4.79 Å². The van der Waals surface area contributed by atoms with Crippen LogP contribution in [0.5, 0.6) is 0 Å². The van der Waals surface area contributed by atoms with Crippen molar-refractivity contribution in [2.24, 2.45) is 0 Å². The molecule has 1 saturated heterocycles. The monoisotopic (exact) mass is 415 g/mol. The normalized spacial score (nSPS) is 14.0. The van der Waals surface area contributed by atoms with Gasteiger partial charge in [-0.25, -0.2) is 9.78 Å². The molecule has 0 atom stereocenters. The Morgan fingerprint density at radius 3 is 2.55 bits per heavy atom. The van der Waals surface area contributed by atoms with Crippen LogP contribution in [-0.2, 0) is 14.3 Å². The third-order valence-corrected chi connectivity index (χ3v) is 5.23. The lowest BCUT2D eigenvalue weighted by Crippen LogP contribution is -2.29. The number of hydrogen-bond acceptors (Lipinski definition) is 5. The number of piperidine rings is 1. The van der Waals surface area contributed by atoms with Gasteiger partial charge in [-0.05, 0) is 61.7 Å². The van der Waals surface area contributed by atoms with Crippen molar-refractivity contribution in [3.05, 3.63) is 72.4 Å². The fourth-order valence-electron chi connectivity index (χ4n) is 3.62. The first-order valence-electron chi connectivity index (χ1n) is 10.5. The maximum absolute atomic E-state index is 12.1. The van der Waals surface area contributed by atoms with E-state index >= 15 is 0 Å². The quantitative estimate of drug-likeness (QED) is 0.477. The van der Waals surface area contributed by atoms with Crippen LogP contribution in [0, 0.1) is 0 Å². The first kappa shape index (κ1) is 20.6. The lowest BCUT2D eigenvalue weighted by molar-refractivity contribution is -0.142. The Kier molecular flexibility index (Phi) is 6.57. The number of hydrogen-bond donors (Lipinski definition) is 1. The number of nitrogens with one attached hydrogen (secondary N) is 1. The van der Waals surface area contributed by atoms with E-state index in [4.69, 9.17) is 4.74 Å². The second kappa shape index (κ2) is 9.89. The highest BCUT2D eigenvalue weighted by Gasteiger charge is 2.11. The summed E-state index contributed by atoms with van der Waals surface area (Å²) in [7, 11) is 0. The highest BCUT2D eigenvalue weighted by Crippen LogP contribution is 2.21. The van der Waals surface area contributed by atoms with Crippen molar-refractivity contribution in [3.8, 4) is 0 Å². The molecule has 6 nitrogen and oxygen atoms in total. The van der Waals surface area contributed by atoms with Crippen LogP contribution in [0.25, 0.3) is 17.0 Å². The van der Waals surface area contributed by atoms with Gasteiger partial charge in [0.15, 0.2) is 6.61 Å². The van der Waals surface area contributed by atoms with E-state index in [1.165, 1.54) is 25.3 Å². The number of amides is 1. The van der Waals surface area contributed by atoms with Crippen molar-refractivity contribution >= 4 is 40.2 Å². The molecule has 1 aliphatic heterocycles. The van der Waals surface area contributed by atoms with Gasteiger partial charge in [0.1, 0.15) is 0 Å². The summed E-state index contributed by atoms with van der Waals surface area (Å²) in [5, 5.41) is 3.78. The molecule has 0 spiro atoms. The van der Waals surface area contributed by atoms with Crippen LogP contribution in [-0.4, -0.2) is 36.6 Å². The van der Waals surface area contributed by atoms with Crippen LogP contribution in [0.2, 0.25) is 0 Å². The average Bonchev–Trinajstić information content (AvgIpc) is 2.82. The van der Waals surface area contributed by atoms with E-state index in [2.05, 4.69) is 15.2 Å². The maximum atomic E-state index is 12.1. The summed E-state index contributed by atoms with van der Waals surface area (Å²) in [6, 6.07) is 19.3. The number of carbonyl (C=O) groups excluding carboxylic acids is 2. The molecule has 2 aromatic carbocycles. The summed E-state index contributed by atoms with van der Waals surface area (Å²) >= 11 is 0. The Bertz CT molecular complexity index is 1090. The van der Waals surface area contributed by atoms with Crippen LogP contribution < -0.4 is 10.2 Å². The summed E-state index contributed by atoms with van der Waals surface area (Å²) in [6.45, 7) is 1.80. The molecule has 0 aliphatic carbocycles. The number of pyridine rings is 1. The molecule has 1 aliphatic rings. The van der Waals surface area contributed by atoms with Crippen molar-refractivity contribution in [3.63, 3.8) is 0 Å². The second-order valence-electron chi connectivity index (χ2n) is 7.51. The molecule has 0 bridgehead atoms. The number of aromatic nitrogens is 1. The van der Waals surface area contributed by atoms with Gasteiger partial charge in [0.05, 0.1) is 11.2 Å². The smallest absolute Gasteiger partial charge is 0.331 e. The lowest BCUT2D eigenvalue weighted by Gasteiger charge is -2.28. The molecule has 1 fully saturated rings. The summed E-state index contributed by atoms with van der Waals surface area (Å²) < 4.78 is 5.03. The Hall–Kier alpha value is -3.67. The molecule has 3 aromatic rings. The molecule has 0 unspecified atom stereocenters. The van der Waals surface area contributed by atoms with E-state index in [1.807, 2.05) is 60.7 Å². The Morgan fingerprint density at radius 1 is 0.968 bits per heavy atom. The number of fused-ring (bicyclic) bond motifs is 1. The van der Waals surface area contributed by atoms with E-state index in [9.17, 15) is 9.59 Å². The van der Waals surface area contributed by atoms with E-state index in [1.54, 1.807) is 6.08 Å². The zero-order chi connectivity index (χ0) is 21.5. The zero-order valence-corrected chi connectivity index (χ0v) is 17.3. The number of anilines is 2. The SMILES string of the molecule is O=C(COC(=O)/C=C/c1ccc2ccccc2n1)Nc1ccc(N2CCCCC2)cc1. The molecular weight excluding hydrogens is 390 g/mol. The first-order chi connectivity index (χ1) is 15.2. The number of ether oxygens (including phenoxy) is 1. The molecule has 0 saturated carbocycles. The van der Waals surface area contributed by atoms with Crippen LogP contribution >= 0.6 is 0 Å². The summed E-state index contributed by atoms with van der Waals surface area (Å²) in [6.07, 6.45) is 6.57. The molecule has 0 radical (unpaired) electrons. The number of rotatable bonds is 6. The molecular formula is C25H25N3O3. The van der Waals surface area contributed by atoms with Crippen LogP contribution in [0.3, 0.4) is 0 Å². The highest BCUT2D eigenvalue weighted by molar-refractivity contribution is 5.94. The molecule has 1 N–H and O–H groups in total. The average molecular weight is 415 g/mol. The zero-order valence-electron chi connectivity index (χ0n) is 17.3. The van der Waals surface area contributed by atoms with Gasteiger partial charge in [-0.1, -0.05) is 24.3 Å². The van der Waals surface area contributed by atoms with Crippen LogP contribution in [0.1, 0.15) is 25.0 Å². The van der Waals surface area contributed by atoms with Crippen molar-refractivity contribution < 1.29 is 14.3 Å². The van der Waals surface area contributed by atoms with Gasteiger partial charge in [0.2, 0.25) is 0 Å². The number of benzene rings is 2. The van der Waals surface area contributed by atoms with E-state index in [-0.39, 0.29) is 12.5 Å². The van der Waals surface area contributed by atoms with Gasteiger partial charge in [-0.2, -0.15) is 0 Å². The van der Waals surface area contributed by atoms with Gasteiger partial charge >= 0.3 is 5.97 Å². The molecule has 4 rings (SSSR count). The van der Waals surface area contributed by atoms with Crippen molar-refractivity contribution in [2.45, 2.75) is 19.3 Å². The topological polar surface area (TPSA) is 71.5 Å². The Labute approximate surface area is 181 Å². The minimum absolute atomic E-state index is 0.345. The second-order valence-corrected chi connectivity index (χ2v) is 7.51. The summed E-state index contributed by atoms with van der Waals surface area (Å²) in [4.78, 5) is 30.8. The molecule has 1 amide bonds. The molecule has 1 aromatic heterocycles. The fourth-order valence-corrected chi connectivity index (χ4v) is 3.62. The third kappa shape index (κ3) is 5.69. The van der Waals surface area contributed by atoms with Crippen LogP contribution in [0.15, 0.2) is 66.7 Å². The number of esters is 1. The van der Waals surface area contributed by atoms with Gasteiger partial charge in [0.25, 0.3) is 5.91 Å². The lowest BCUT2D eigenvalue weighted by atomic mass is 10.1. The Balaban J connectivity index is 1.25. The predicted molar refractivity (Wildman–Crippen MR) is 123 cm³/mol. The Morgan fingerprint density at radius 2 is 1.74 bits per heavy atom. The first-order valence-corrected chi connectivity index (χ1v) is 10.5. The number of nitrogens with zero attached hydrogens (tertiary/aromatic N) is 2. The number of para-hydroxylation sites is 1. The maximum Gasteiger partial charge on any atom is 0.331 e.